The summed E-state index contributed by atoms with van der Waals surface area (Å²) in [5, 5.41) is 10.1. The SMILES string of the molecule is CCOC(=O)C1=C(C)N=c2s/c(=C\c3cc(I)c(O)c(I)c3)c(=O)n2[C@@H]1c1ccc(C(C)C)cc1. The summed E-state index contributed by atoms with van der Waals surface area (Å²) in [5.74, 6) is 0.122. The summed E-state index contributed by atoms with van der Waals surface area (Å²) in [6, 6.07) is 11.0. The highest BCUT2D eigenvalue weighted by atomic mass is 127. The number of aromatic hydroxyl groups is 1. The van der Waals surface area contributed by atoms with Crippen molar-refractivity contribution in [3.8, 4) is 5.75 Å². The van der Waals surface area contributed by atoms with Crippen molar-refractivity contribution < 1.29 is 14.6 Å². The van der Waals surface area contributed by atoms with E-state index in [4.69, 9.17) is 4.74 Å². The first-order chi connectivity index (χ1) is 16.6. The molecule has 2 heterocycles. The van der Waals surface area contributed by atoms with Crippen LogP contribution < -0.4 is 14.9 Å². The summed E-state index contributed by atoms with van der Waals surface area (Å²) in [7, 11) is 0. The molecule has 1 N–H and O–H groups in total. The van der Waals surface area contributed by atoms with Gasteiger partial charge in [-0.05, 0) is 99.8 Å². The van der Waals surface area contributed by atoms with Crippen molar-refractivity contribution in [1.82, 2.24) is 4.57 Å². The minimum absolute atomic E-state index is 0.223. The number of aromatic nitrogens is 1. The average Bonchev–Trinajstić information content (AvgIpc) is 3.11. The van der Waals surface area contributed by atoms with Crippen molar-refractivity contribution in [1.29, 1.82) is 0 Å². The molecule has 1 aliphatic rings. The molecule has 3 aromatic rings. The van der Waals surface area contributed by atoms with Gasteiger partial charge in [0.2, 0.25) is 0 Å². The summed E-state index contributed by atoms with van der Waals surface area (Å²) >= 11 is 5.43. The number of thiazole rings is 1. The Bertz CT molecular complexity index is 1500. The van der Waals surface area contributed by atoms with E-state index in [1.165, 1.54) is 16.9 Å². The maximum absolute atomic E-state index is 13.7. The van der Waals surface area contributed by atoms with Gasteiger partial charge in [0.25, 0.3) is 5.56 Å². The fourth-order valence-corrected chi connectivity index (χ4v) is 6.85. The maximum atomic E-state index is 13.7. The van der Waals surface area contributed by atoms with Gasteiger partial charge < -0.3 is 9.84 Å². The van der Waals surface area contributed by atoms with Gasteiger partial charge in [0.15, 0.2) is 4.80 Å². The third kappa shape index (κ3) is 5.12. The summed E-state index contributed by atoms with van der Waals surface area (Å²) < 4.78 is 8.87. The van der Waals surface area contributed by atoms with E-state index in [1.54, 1.807) is 24.5 Å². The Labute approximate surface area is 234 Å². The number of halogens is 2. The molecule has 0 unspecified atom stereocenters. The van der Waals surface area contributed by atoms with Crippen LogP contribution in [0.2, 0.25) is 0 Å². The molecule has 1 atom stereocenters. The molecule has 0 bridgehead atoms. The van der Waals surface area contributed by atoms with Crippen molar-refractivity contribution in [2.24, 2.45) is 4.99 Å². The fourth-order valence-electron chi connectivity index (χ4n) is 3.99. The first-order valence-corrected chi connectivity index (χ1v) is 14.1. The number of hydrogen-bond donors (Lipinski definition) is 1. The lowest BCUT2D eigenvalue weighted by atomic mass is 9.93. The Morgan fingerprint density at radius 1 is 1.23 bits per heavy atom. The van der Waals surface area contributed by atoms with E-state index in [0.717, 1.165) is 11.1 Å². The van der Waals surface area contributed by atoms with Gasteiger partial charge >= 0.3 is 5.97 Å². The number of phenols is 1. The Hall–Kier alpha value is -1.99. The van der Waals surface area contributed by atoms with Crippen LogP contribution in [0.5, 0.6) is 5.75 Å². The predicted molar refractivity (Wildman–Crippen MR) is 154 cm³/mol. The summed E-state index contributed by atoms with van der Waals surface area (Å²) in [6.45, 7) is 8.02. The highest BCUT2D eigenvalue weighted by Gasteiger charge is 2.33. The van der Waals surface area contributed by atoms with E-state index >= 15 is 0 Å². The standard InChI is InChI=1S/C26H24I2N2O4S/c1-5-34-25(33)21-14(4)29-26-30(22(21)17-8-6-16(7-9-17)13(2)3)24(32)20(35-26)12-15-10-18(27)23(31)19(28)11-15/h6-13,22,31H,5H2,1-4H3/b20-12-/t22-/m1/s1. The molecule has 0 saturated heterocycles. The van der Waals surface area contributed by atoms with Gasteiger partial charge in [0.05, 0.1) is 35.6 Å². The second-order valence-electron chi connectivity index (χ2n) is 8.46. The number of nitrogens with zero attached hydrogens (tertiary/aromatic N) is 2. The Morgan fingerprint density at radius 2 is 1.86 bits per heavy atom. The lowest BCUT2D eigenvalue weighted by Gasteiger charge is -2.25. The van der Waals surface area contributed by atoms with Gasteiger partial charge in [-0.1, -0.05) is 49.4 Å². The molecule has 2 aromatic carbocycles. The Balaban J connectivity index is 1.94. The number of phenolic OH excluding ortho intramolecular Hbond substituents is 1. The maximum Gasteiger partial charge on any atom is 0.338 e. The molecule has 9 heteroatoms. The van der Waals surface area contributed by atoms with Crippen LogP contribution in [0.25, 0.3) is 6.08 Å². The van der Waals surface area contributed by atoms with Gasteiger partial charge in [0, 0.05) is 0 Å². The van der Waals surface area contributed by atoms with E-state index in [1.807, 2.05) is 36.4 Å². The Morgan fingerprint density at radius 3 is 2.43 bits per heavy atom. The zero-order valence-corrected chi connectivity index (χ0v) is 24.8. The molecule has 0 saturated carbocycles. The number of benzene rings is 2. The minimum atomic E-state index is -0.631. The van der Waals surface area contributed by atoms with Gasteiger partial charge in [-0.3, -0.25) is 9.36 Å². The van der Waals surface area contributed by atoms with E-state index < -0.39 is 12.0 Å². The molecule has 182 valence electrons. The second-order valence-corrected chi connectivity index (χ2v) is 11.8. The highest BCUT2D eigenvalue weighted by Crippen LogP contribution is 2.32. The molecule has 0 fully saturated rings. The van der Waals surface area contributed by atoms with Crippen LogP contribution in [0, 0.1) is 7.14 Å². The van der Waals surface area contributed by atoms with Crippen molar-refractivity contribution >= 4 is 68.6 Å². The second kappa shape index (κ2) is 10.6. The monoisotopic (exact) mass is 714 g/mol. The minimum Gasteiger partial charge on any atom is -0.506 e. The molecule has 1 aromatic heterocycles. The molecule has 0 spiro atoms. The van der Waals surface area contributed by atoms with Crippen LogP contribution in [-0.4, -0.2) is 22.2 Å². The highest BCUT2D eigenvalue weighted by molar-refractivity contribution is 14.1. The van der Waals surface area contributed by atoms with Crippen LogP contribution in [0.15, 0.2) is 57.5 Å². The molecule has 6 nitrogen and oxygen atoms in total. The molecule has 1 aliphatic heterocycles. The molecule has 35 heavy (non-hydrogen) atoms. The largest absolute Gasteiger partial charge is 0.506 e. The van der Waals surface area contributed by atoms with Gasteiger partial charge in [-0.15, -0.1) is 0 Å². The average molecular weight is 714 g/mol. The third-order valence-corrected chi connectivity index (χ3v) is 8.40. The molecule has 0 aliphatic carbocycles. The molecule has 4 rings (SSSR count). The number of carbonyl (C=O) groups excluding carboxylic acids is 1. The zero-order chi connectivity index (χ0) is 25.4. The fraction of sp³-hybridized carbons (Fsp3) is 0.269. The first-order valence-electron chi connectivity index (χ1n) is 11.1. The van der Waals surface area contributed by atoms with Crippen LogP contribution in [0.3, 0.4) is 0 Å². The molecular weight excluding hydrogens is 690 g/mol. The lowest BCUT2D eigenvalue weighted by molar-refractivity contribution is -0.139. The van der Waals surface area contributed by atoms with Crippen molar-refractivity contribution in [3.63, 3.8) is 0 Å². The predicted octanol–water partition coefficient (Wildman–Crippen LogP) is 4.84. The van der Waals surface area contributed by atoms with Crippen LogP contribution in [-0.2, 0) is 9.53 Å². The van der Waals surface area contributed by atoms with Gasteiger partial charge in [-0.25, -0.2) is 9.79 Å². The summed E-state index contributed by atoms with van der Waals surface area (Å²) in [4.78, 5) is 31.9. The summed E-state index contributed by atoms with van der Waals surface area (Å²) in [6.07, 6.45) is 1.80. The van der Waals surface area contributed by atoms with E-state index in [-0.39, 0.29) is 17.9 Å². The van der Waals surface area contributed by atoms with Crippen LogP contribution in [0.1, 0.15) is 56.3 Å². The number of ether oxygens (including phenoxy) is 1. The number of allylic oxidation sites excluding steroid dienone is 1. The normalized spacial score (nSPS) is 15.9. The Kier molecular flexibility index (Phi) is 7.86. The van der Waals surface area contributed by atoms with E-state index in [2.05, 4.69) is 64.0 Å². The lowest BCUT2D eigenvalue weighted by Crippen LogP contribution is -2.39. The van der Waals surface area contributed by atoms with Crippen LogP contribution in [0.4, 0.5) is 0 Å². The summed E-state index contributed by atoms with van der Waals surface area (Å²) in [5.41, 5.74) is 3.50. The topological polar surface area (TPSA) is 80.9 Å². The van der Waals surface area contributed by atoms with Crippen molar-refractivity contribution in [3.05, 3.63) is 91.2 Å². The number of hydrogen-bond acceptors (Lipinski definition) is 6. The number of fused-ring (bicyclic) bond motifs is 1. The van der Waals surface area contributed by atoms with Crippen molar-refractivity contribution in [2.45, 2.75) is 39.7 Å². The third-order valence-electron chi connectivity index (χ3n) is 5.77. The van der Waals surface area contributed by atoms with E-state index in [0.29, 0.717) is 33.7 Å². The molecular formula is C26H24I2N2O4S. The molecule has 0 radical (unpaired) electrons. The number of carbonyl (C=O) groups is 1. The first kappa shape index (κ1) is 26.1. The molecule has 0 amide bonds. The van der Waals surface area contributed by atoms with E-state index in [9.17, 15) is 14.7 Å². The van der Waals surface area contributed by atoms with Crippen LogP contribution >= 0.6 is 56.5 Å². The van der Waals surface area contributed by atoms with Gasteiger partial charge in [0.1, 0.15) is 5.75 Å². The van der Waals surface area contributed by atoms with Crippen molar-refractivity contribution in [2.75, 3.05) is 6.61 Å². The smallest absolute Gasteiger partial charge is 0.338 e. The zero-order valence-electron chi connectivity index (χ0n) is 19.6. The number of rotatable bonds is 5. The number of esters is 1. The quantitative estimate of drug-likeness (QED) is 0.304. The van der Waals surface area contributed by atoms with Gasteiger partial charge in [-0.2, -0.15) is 0 Å².